The molecule has 14 heavy (non-hydrogen) atoms. The predicted molar refractivity (Wildman–Crippen MR) is 54.0 cm³/mol. The van der Waals surface area contributed by atoms with Gasteiger partial charge in [0.05, 0.1) is 30.8 Å². The molecule has 0 atom stereocenters. The SMILES string of the molecule is O=S1(=O)CCC(CNC2COC2)CC1. The number of hydrogen-bond donors (Lipinski definition) is 1. The lowest BCUT2D eigenvalue weighted by molar-refractivity contribution is -0.00660. The molecule has 5 heteroatoms. The van der Waals surface area contributed by atoms with Gasteiger partial charge < -0.3 is 10.1 Å². The summed E-state index contributed by atoms with van der Waals surface area (Å²) in [6.07, 6.45) is 1.64. The highest BCUT2D eigenvalue weighted by Gasteiger charge is 2.25. The second-order valence-corrected chi connectivity index (χ2v) is 6.54. The Morgan fingerprint density at radius 3 is 2.36 bits per heavy atom. The highest BCUT2D eigenvalue weighted by molar-refractivity contribution is 7.91. The van der Waals surface area contributed by atoms with E-state index in [0.717, 1.165) is 32.6 Å². The number of nitrogens with one attached hydrogen (secondary N) is 1. The van der Waals surface area contributed by atoms with Crippen LogP contribution in [0.25, 0.3) is 0 Å². The van der Waals surface area contributed by atoms with Gasteiger partial charge in [-0.1, -0.05) is 0 Å². The minimum Gasteiger partial charge on any atom is -0.378 e. The normalized spacial score (nSPS) is 28.6. The first kappa shape index (κ1) is 10.4. The van der Waals surface area contributed by atoms with E-state index in [1.165, 1.54) is 0 Å². The van der Waals surface area contributed by atoms with Crippen molar-refractivity contribution in [2.45, 2.75) is 18.9 Å². The summed E-state index contributed by atoms with van der Waals surface area (Å²) in [5.41, 5.74) is 0. The van der Waals surface area contributed by atoms with Crippen molar-refractivity contribution in [1.29, 1.82) is 0 Å². The Bertz CT molecular complexity index is 270. The zero-order chi connectivity index (χ0) is 10.0. The molecule has 0 bridgehead atoms. The molecule has 4 nitrogen and oxygen atoms in total. The average molecular weight is 219 g/mol. The highest BCUT2D eigenvalue weighted by Crippen LogP contribution is 2.18. The van der Waals surface area contributed by atoms with E-state index < -0.39 is 9.84 Å². The molecule has 2 saturated heterocycles. The van der Waals surface area contributed by atoms with Crippen LogP contribution in [0.3, 0.4) is 0 Å². The van der Waals surface area contributed by atoms with Crippen LogP contribution in [0.15, 0.2) is 0 Å². The van der Waals surface area contributed by atoms with Crippen molar-refractivity contribution in [3.05, 3.63) is 0 Å². The summed E-state index contributed by atoms with van der Waals surface area (Å²) >= 11 is 0. The van der Waals surface area contributed by atoms with Gasteiger partial charge in [0.1, 0.15) is 9.84 Å². The monoisotopic (exact) mass is 219 g/mol. The second kappa shape index (κ2) is 4.16. The molecule has 2 aliphatic rings. The molecule has 2 rings (SSSR count). The number of rotatable bonds is 3. The molecule has 0 amide bonds. The Hall–Kier alpha value is -0.130. The fraction of sp³-hybridized carbons (Fsp3) is 1.00. The minimum absolute atomic E-state index is 0.376. The topological polar surface area (TPSA) is 55.4 Å². The third-order valence-electron chi connectivity index (χ3n) is 3.01. The van der Waals surface area contributed by atoms with Crippen LogP contribution in [0.2, 0.25) is 0 Å². The van der Waals surface area contributed by atoms with E-state index in [1.54, 1.807) is 0 Å². The largest absolute Gasteiger partial charge is 0.378 e. The van der Waals surface area contributed by atoms with Gasteiger partial charge in [0, 0.05) is 0 Å². The van der Waals surface area contributed by atoms with Gasteiger partial charge in [-0.2, -0.15) is 0 Å². The molecule has 0 aromatic heterocycles. The molecular weight excluding hydrogens is 202 g/mol. The standard InChI is InChI=1S/C9H17NO3S/c11-14(12)3-1-8(2-4-14)5-10-9-6-13-7-9/h8-10H,1-7H2. The van der Waals surface area contributed by atoms with Crippen LogP contribution < -0.4 is 5.32 Å². The second-order valence-electron chi connectivity index (χ2n) is 4.24. The van der Waals surface area contributed by atoms with Crippen LogP contribution in [-0.2, 0) is 14.6 Å². The van der Waals surface area contributed by atoms with E-state index in [1.807, 2.05) is 0 Å². The summed E-state index contributed by atoms with van der Waals surface area (Å²) in [6.45, 7) is 2.57. The molecule has 0 radical (unpaired) electrons. The number of ether oxygens (including phenoxy) is 1. The lowest BCUT2D eigenvalue weighted by atomic mass is 10.0. The van der Waals surface area contributed by atoms with E-state index in [-0.39, 0.29) is 0 Å². The smallest absolute Gasteiger partial charge is 0.150 e. The predicted octanol–water partition coefficient (Wildman–Crippen LogP) is -0.200. The zero-order valence-corrected chi connectivity index (χ0v) is 9.05. The van der Waals surface area contributed by atoms with Crippen LogP contribution in [-0.4, -0.2) is 45.7 Å². The van der Waals surface area contributed by atoms with Crippen molar-refractivity contribution >= 4 is 9.84 Å². The van der Waals surface area contributed by atoms with Gasteiger partial charge in [0.15, 0.2) is 0 Å². The molecule has 0 saturated carbocycles. The maximum absolute atomic E-state index is 11.2. The zero-order valence-electron chi connectivity index (χ0n) is 8.24. The van der Waals surface area contributed by atoms with Crippen molar-refractivity contribution in [2.24, 2.45) is 5.92 Å². The maximum Gasteiger partial charge on any atom is 0.150 e. The number of sulfone groups is 1. The summed E-state index contributed by atoms with van der Waals surface area (Å²) in [7, 11) is -2.70. The molecule has 2 fully saturated rings. The Balaban J connectivity index is 1.67. The van der Waals surface area contributed by atoms with Crippen LogP contribution in [0.1, 0.15) is 12.8 Å². The Kier molecular flexibility index (Phi) is 3.09. The fourth-order valence-electron chi connectivity index (χ4n) is 1.83. The summed E-state index contributed by atoms with van der Waals surface area (Å²) in [6, 6.07) is 0.508. The summed E-state index contributed by atoms with van der Waals surface area (Å²) in [5, 5.41) is 3.40. The van der Waals surface area contributed by atoms with Crippen LogP contribution in [0.5, 0.6) is 0 Å². The molecular formula is C9H17NO3S. The highest BCUT2D eigenvalue weighted by atomic mass is 32.2. The first-order valence-corrected chi connectivity index (χ1v) is 6.99. The molecule has 0 spiro atoms. The van der Waals surface area contributed by atoms with E-state index >= 15 is 0 Å². The Morgan fingerprint density at radius 2 is 1.86 bits per heavy atom. The van der Waals surface area contributed by atoms with Crippen LogP contribution >= 0.6 is 0 Å². The molecule has 2 aliphatic heterocycles. The van der Waals surface area contributed by atoms with Gasteiger partial charge in [-0.15, -0.1) is 0 Å². The molecule has 0 aromatic carbocycles. The average Bonchev–Trinajstić information content (AvgIpc) is 2.05. The summed E-state index contributed by atoms with van der Waals surface area (Å²) in [4.78, 5) is 0. The van der Waals surface area contributed by atoms with E-state index in [0.29, 0.717) is 23.5 Å². The van der Waals surface area contributed by atoms with Crippen molar-refractivity contribution in [3.63, 3.8) is 0 Å². The molecule has 2 heterocycles. The van der Waals surface area contributed by atoms with Crippen molar-refractivity contribution < 1.29 is 13.2 Å². The van der Waals surface area contributed by atoms with Crippen LogP contribution in [0, 0.1) is 5.92 Å². The van der Waals surface area contributed by atoms with Gasteiger partial charge >= 0.3 is 0 Å². The lowest BCUT2D eigenvalue weighted by Crippen LogP contribution is -2.48. The minimum atomic E-state index is -2.70. The number of hydrogen-bond acceptors (Lipinski definition) is 4. The van der Waals surface area contributed by atoms with E-state index in [4.69, 9.17) is 4.74 Å². The fourth-order valence-corrected chi connectivity index (χ4v) is 3.42. The molecule has 82 valence electrons. The summed E-state index contributed by atoms with van der Waals surface area (Å²) in [5.74, 6) is 1.29. The quantitative estimate of drug-likeness (QED) is 0.714. The summed E-state index contributed by atoms with van der Waals surface area (Å²) < 4.78 is 27.4. The van der Waals surface area contributed by atoms with Gasteiger partial charge in [0.2, 0.25) is 0 Å². The van der Waals surface area contributed by atoms with Crippen molar-refractivity contribution in [3.8, 4) is 0 Å². The van der Waals surface area contributed by atoms with Crippen molar-refractivity contribution in [1.82, 2.24) is 5.32 Å². The maximum atomic E-state index is 11.2. The van der Waals surface area contributed by atoms with Gasteiger partial charge in [-0.3, -0.25) is 0 Å². The first-order valence-electron chi connectivity index (χ1n) is 5.17. The van der Waals surface area contributed by atoms with Gasteiger partial charge in [-0.05, 0) is 25.3 Å². The lowest BCUT2D eigenvalue weighted by Gasteiger charge is -2.30. The molecule has 1 N–H and O–H groups in total. The van der Waals surface area contributed by atoms with Crippen molar-refractivity contribution in [2.75, 3.05) is 31.3 Å². The third-order valence-corrected chi connectivity index (χ3v) is 4.72. The Labute approximate surface area is 84.9 Å². The first-order chi connectivity index (χ1) is 6.66. The molecule has 0 aliphatic carbocycles. The van der Waals surface area contributed by atoms with Gasteiger partial charge in [-0.25, -0.2) is 8.42 Å². The molecule has 0 aromatic rings. The van der Waals surface area contributed by atoms with E-state index in [2.05, 4.69) is 5.32 Å². The van der Waals surface area contributed by atoms with Gasteiger partial charge in [0.25, 0.3) is 0 Å². The third kappa shape index (κ3) is 2.68. The van der Waals surface area contributed by atoms with E-state index in [9.17, 15) is 8.42 Å². The molecule has 0 unspecified atom stereocenters. The van der Waals surface area contributed by atoms with Crippen LogP contribution in [0.4, 0.5) is 0 Å². The Morgan fingerprint density at radius 1 is 1.21 bits per heavy atom.